The van der Waals surface area contributed by atoms with E-state index in [9.17, 15) is 8.42 Å². The highest BCUT2D eigenvalue weighted by Crippen LogP contribution is 2.25. The Labute approximate surface area is 164 Å². The van der Waals surface area contributed by atoms with Gasteiger partial charge in [-0.2, -0.15) is 4.31 Å². The van der Waals surface area contributed by atoms with Crippen LogP contribution in [0.5, 0.6) is 0 Å². The fourth-order valence-corrected chi connectivity index (χ4v) is 4.91. The Kier molecular flexibility index (Phi) is 5.04. The third-order valence-electron chi connectivity index (χ3n) is 4.75. The summed E-state index contributed by atoms with van der Waals surface area (Å²) in [4.78, 5) is 4.92. The van der Waals surface area contributed by atoms with Gasteiger partial charge in [-0.25, -0.2) is 13.4 Å². The molecule has 1 fully saturated rings. The highest BCUT2D eigenvalue weighted by Gasteiger charge is 2.27. The monoisotopic (exact) mass is 401 g/mol. The topological polar surface area (TPSA) is 62.3 Å². The molecule has 27 heavy (non-hydrogen) atoms. The van der Waals surface area contributed by atoms with Gasteiger partial charge in [-0.3, -0.25) is 0 Å². The molecule has 0 amide bonds. The summed E-state index contributed by atoms with van der Waals surface area (Å²) in [5.41, 5.74) is 1.87. The number of sulfonamides is 1. The summed E-state index contributed by atoms with van der Waals surface area (Å²) < 4.78 is 27.0. The Morgan fingerprint density at radius 3 is 2.48 bits per heavy atom. The number of fused-ring (bicyclic) bond motifs is 1. The average molecular weight is 402 g/mol. The van der Waals surface area contributed by atoms with Crippen LogP contribution in [0.25, 0.3) is 10.9 Å². The molecular formula is C20H20ClN3O2S. The molecule has 2 aromatic carbocycles. The summed E-state index contributed by atoms with van der Waals surface area (Å²) in [5, 5.41) is 4.80. The first kappa shape index (κ1) is 18.2. The summed E-state index contributed by atoms with van der Waals surface area (Å²) in [6, 6.07) is 16.5. The summed E-state index contributed by atoms with van der Waals surface area (Å²) in [6.45, 7) is 1.84. The molecule has 0 unspecified atom stereocenters. The molecule has 4 rings (SSSR count). The molecular weight excluding hydrogens is 382 g/mol. The quantitative estimate of drug-likeness (QED) is 0.692. The van der Waals surface area contributed by atoms with Crippen LogP contribution in [0, 0.1) is 0 Å². The highest BCUT2D eigenvalue weighted by molar-refractivity contribution is 7.89. The van der Waals surface area contributed by atoms with Crippen molar-refractivity contribution < 1.29 is 8.42 Å². The molecule has 5 nitrogen and oxygen atoms in total. The van der Waals surface area contributed by atoms with E-state index in [0.717, 1.165) is 35.1 Å². The zero-order valence-electron chi connectivity index (χ0n) is 14.7. The van der Waals surface area contributed by atoms with Crippen LogP contribution >= 0.6 is 11.6 Å². The van der Waals surface area contributed by atoms with Gasteiger partial charge in [0.15, 0.2) is 0 Å². The number of nitrogens with zero attached hydrogens (tertiary/aromatic N) is 2. The second kappa shape index (κ2) is 7.46. The second-order valence-electron chi connectivity index (χ2n) is 6.64. The highest BCUT2D eigenvalue weighted by atomic mass is 35.5. The lowest BCUT2D eigenvalue weighted by Crippen LogP contribution is -2.27. The lowest BCUT2D eigenvalue weighted by Gasteiger charge is -2.15. The van der Waals surface area contributed by atoms with E-state index in [4.69, 9.17) is 11.6 Å². The molecule has 1 aromatic heterocycles. The van der Waals surface area contributed by atoms with Gasteiger partial charge in [0.2, 0.25) is 10.0 Å². The molecule has 1 N–H and O–H groups in total. The largest absolute Gasteiger partial charge is 0.366 e. The number of rotatable bonds is 5. The maximum atomic E-state index is 12.7. The first-order valence-corrected chi connectivity index (χ1v) is 10.7. The predicted molar refractivity (Wildman–Crippen MR) is 109 cm³/mol. The van der Waals surface area contributed by atoms with E-state index in [-0.39, 0.29) is 0 Å². The number of benzene rings is 2. The molecule has 0 atom stereocenters. The van der Waals surface area contributed by atoms with Gasteiger partial charge in [-0.1, -0.05) is 23.7 Å². The molecule has 1 aliphatic heterocycles. The minimum atomic E-state index is -3.41. The van der Waals surface area contributed by atoms with Crippen molar-refractivity contribution in [2.75, 3.05) is 18.4 Å². The molecule has 2 heterocycles. The summed E-state index contributed by atoms with van der Waals surface area (Å²) >= 11 is 5.90. The van der Waals surface area contributed by atoms with Gasteiger partial charge in [0, 0.05) is 30.0 Å². The van der Waals surface area contributed by atoms with Crippen molar-refractivity contribution in [2.24, 2.45) is 0 Å². The molecule has 0 spiro atoms. The number of pyridine rings is 1. The molecule has 0 aliphatic carbocycles. The van der Waals surface area contributed by atoms with E-state index in [0.29, 0.717) is 29.6 Å². The summed E-state index contributed by atoms with van der Waals surface area (Å²) in [5.74, 6) is 0.743. The fourth-order valence-electron chi connectivity index (χ4n) is 3.23. The number of anilines is 1. The molecule has 0 radical (unpaired) electrons. The van der Waals surface area contributed by atoms with Crippen LogP contribution in [0.15, 0.2) is 59.5 Å². The van der Waals surface area contributed by atoms with Gasteiger partial charge in [0.1, 0.15) is 5.82 Å². The minimum Gasteiger partial charge on any atom is -0.366 e. The average Bonchev–Trinajstić information content (AvgIpc) is 3.23. The van der Waals surface area contributed by atoms with E-state index in [1.165, 1.54) is 0 Å². The number of hydrogen-bond donors (Lipinski definition) is 1. The van der Waals surface area contributed by atoms with Crippen LogP contribution in [0.4, 0.5) is 5.82 Å². The molecule has 0 bridgehead atoms. The normalized spacial score (nSPS) is 15.3. The number of nitrogens with one attached hydrogen (secondary N) is 1. The lowest BCUT2D eigenvalue weighted by molar-refractivity contribution is 0.477. The van der Waals surface area contributed by atoms with E-state index < -0.39 is 10.0 Å². The molecule has 140 valence electrons. The van der Waals surface area contributed by atoms with Gasteiger partial charge < -0.3 is 5.32 Å². The number of halogens is 1. The minimum absolute atomic E-state index is 0.334. The van der Waals surface area contributed by atoms with Crippen LogP contribution in [-0.2, 0) is 16.6 Å². The predicted octanol–water partition coefficient (Wildman–Crippen LogP) is 4.28. The summed E-state index contributed by atoms with van der Waals surface area (Å²) in [6.07, 6.45) is 1.86. The Hall–Kier alpha value is -2.15. The van der Waals surface area contributed by atoms with Crippen LogP contribution in [0.2, 0.25) is 5.02 Å². The van der Waals surface area contributed by atoms with Crippen molar-refractivity contribution in [2.45, 2.75) is 24.3 Å². The molecule has 3 aromatic rings. The number of aromatic nitrogens is 1. The van der Waals surface area contributed by atoms with Crippen molar-refractivity contribution >= 4 is 38.3 Å². The van der Waals surface area contributed by atoms with Crippen LogP contribution in [-0.4, -0.2) is 30.8 Å². The maximum Gasteiger partial charge on any atom is 0.243 e. The van der Waals surface area contributed by atoms with Crippen molar-refractivity contribution in [3.05, 3.63) is 65.2 Å². The van der Waals surface area contributed by atoms with Crippen molar-refractivity contribution in [3.8, 4) is 0 Å². The van der Waals surface area contributed by atoms with Crippen molar-refractivity contribution in [1.82, 2.24) is 9.29 Å². The van der Waals surface area contributed by atoms with Gasteiger partial charge in [-0.15, -0.1) is 0 Å². The van der Waals surface area contributed by atoms with E-state index in [1.807, 2.05) is 36.4 Å². The zero-order chi connectivity index (χ0) is 18.9. The van der Waals surface area contributed by atoms with Crippen LogP contribution in [0.3, 0.4) is 0 Å². The second-order valence-corrected chi connectivity index (χ2v) is 9.02. The van der Waals surface area contributed by atoms with E-state index in [2.05, 4.69) is 10.3 Å². The van der Waals surface area contributed by atoms with Gasteiger partial charge >= 0.3 is 0 Å². The summed E-state index contributed by atoms with van der Waals surface area (Å²) in [7, 11) is -3.41. The molecule has 0 saturated carbocycles. The van der Waals surface area contributed by atoms with Crippen molar-refractivity contribution in [3.63, 3.8) is 0 Å². The fraction of sp³-hybridized carbons (Fsp3) is 0.250. The lowest BCUT2D eigenvalue weighted by atomic mass is 10.2. The number of hydrogen-bond acceptors (Lipinski definition) is 4. The molecule has 7 heteroatoms. The van der Waals surface area contributed by atoms with Crippen LogP contribution in [0.1, 0.15) is 18.4 Å². The SMILES string of the molecule is O=S(=O)(c1ccc2nc(NCc3ccc(Cl)cc3)ccc2c1)N1CCCC1. The Bertz CT molecular complexity index is 1060. The smallest absolute Gasteiger partial charge is 0.243 e. The Balaban J connectivity index is 1.54. The van der Waals surface area contributed by atoms with Gasteiger partial charge in [0.25, 0.3) is 0 Å². The third kappa shape index (κ3) is 3.93. The third-order valence-corrected chi connectivity index (χ3v) is 6.90. The molecule has 1 saturated heterocycles. The first-order chi connectivity index (χ1) is 13.0. The molecule has 1 aliphatic rings. The zero-order valence-corrected chi connectivity index (χ0v) is 16.3. The van der Waals surface area contributed by atoms with E-state index in [1.54, 1.807) is 22.5 Å². The van der Waals surface area contributed by atoms with Gasteiger partial charge in [-0.05, 0) is 60.9 Å². The maximum absolute atomic E-state index is 12.7. The van der Waals surface area contributed by atoms with E-state index >= 15 is 0 Å². The van der Waals surface area contributed by atoms with Gasteiger partial charge in [0.05, 0.1) is 10.4 Å². The Morgan fingerprint density at radius 2 is 1.74 bits per heavy atom. The van der Waals surface area contributed by atoms with Crippen LogP contribution < -0.4 is 5.32 Å². The first-order valence-electron chi connectivity index (χ1n) is 8.92. The standard InChI is InChI=1S/C20H20ClN3O2S/c21-17-6-3-15(4-7-17)14-22-20-10-5-16-13-18(8-9-19(16)23-20)27(25,26)24-11-1-2-12-24/h3-10,13H,1-2,11-12,14H2,(H,22,23). The Morgan fingerprint density at radius 1 is 1.00 bits per heavy atom. The van der Waals surface area contributed by atoms with Crippen molar-refractivity contribution in [1.29, 1.82) is 0 Å².